The molecule has 0 saturated carbocycles. The number of nitrogens with one attached hydrogen (secondary N) is 1. The van der Waals surface area contributed by atoms with Crippen molar-refractivity contribution in [3.8, 4) is 0 Å². The normalized spacial score (nSPS) is 11.3. The summed E-state index contributed by atoms with van der Waals surface area (Å²) in [5, 5.41) is 2.93. The van der Waals surface area contributed by atoms with Gasteiger partial charge in [0.05, 0.1) is 5.56 Å². The number of hydrogen-bond donors (Lipinski definition) is 2. The van der Waals surface area contributed by atoms with E-state index in [1.165, 1.54) is 0 Å². The SMILES string of the molecule is CCC(C)(C)CNC(=O)c1ccc(C)cc1N. The smallest absolute Gasteiger partial charge is 0.253 e. The molecule has 3 heteroatoms. The van der Waals surface area contributed by atoms with Crippen molar-refractivity contribution in [2.24, 2.45) is 5.41 Å². The van der Waals surface area contributed by atoms with Gasteiger partial charge in [0.1, 0.15) is 0 Å². The maximum atomic E-state index is 11.9. The van der Waals surface area contributed by atoms with Crippen LogP contribution in [0, 0.1) is 12.3 Å². The third-order valence-corrected chi connectivity index (χ3v) is 3.14. The molecule has 0 aliphatic carbocycles. The molecule has 3 N–H and O–H groups in total. The van der Waals surface area contributed by atoms with Gasteiger partial charge in [-0.25, -0.2) is 0 Å². The number of aryl methyl sites for hydroxylation is 1. The molecule has 1 aromatic rings. The fraction of sp³-hybridized carbons (Fsp3) is 0.500. The van der Waals surface area contributed by atoms with E-state index < -0.39 is 0 Å². The predicted octanol–water partition coefficient (Wildman–Crippen LogP) is 2.74. The zero-order chi connectivity index (χ0) is 13.1. The zero-order valence-corrected chi connectivity index (χ0v) is 11.1. The lowest BCUT2D eigenvalue weighted by Crippen LogP contribution is -2.33. The second-order valence-electron chi connectivity index (χ2n) is 5.29. The molecule has 0 heterocycles. The minimum atomic E-state index is -0.0935. The Bertz CT molecular complexity index is 411. The molecule has 0 radical (unpaired) electrons. The van der Waals surface area contributed by atoms with Crippen LogP contribution >= 0.6 is 0 Å². The standard InChI is InChI=1S/C14H22N2O/c1-5-14(3,4)9-16-13(17)11-7-6-10(2)8-12(11)15/h6-8H,5,9,15H2,1-4H3,(H,16,17). The average Bonchev–Trinajstić information content (AvgIpc) is 2.26. The summed E-state index contributed by atoms with van der Waals surface area (Å²) < 4.78 is 0. The maximum absolute atomic E-state index is 11.9. The van der Waals surface area contributed by atoms with Gasteiger partial charge in [-0.2, -0.15) is 0 Å². The van der Waals surface area contributed by atoms with Crippen LogP contribution in [0.4, 0.5) is 5.69 Å². The summed E-state index contributed by atoms with van der Waals surface area (Å²) in [5.74, 6) is -0.0935. The molecule has 0 bridgehead atoms. The summed E-state index contributed by atoms with van der Waals surface area (Å²) >= 11 is 0. The number of carbonyl (C=O) groups excluding carboxylic acids is 1. The first-order valence-electron chi connectivity index (χ1n) is 6.00. The lowest BCUT2D eigenvalue weighted by atomic mass is 9.90. The molecular weight excluding hydrogens is 212 g/mol. The number of benzene rings is 1. The van der Waals surface area contributed by atoms with Gasteiger partial charge in [0.2, 0.25) is 0 Å². The van der Waals surface area contributed by atoms with E-state index in [-0.39, 0.29) is 11.3 Å². The van der Waals surface area contributed by atoms with Gasteiger partial charge < -0.3 is 11.1 Å². The Labute approximate surface area is 103 Å². The highest BCUT2D eigenvalue weighted by Gasteiger charge is 2.17. The van der Waals surface area contributed by atoms with Gasteiger partial charge in [0.15, 0.2) is 0 Å². The van der Waals surface area contributed by atoms with Crippen LogP contribution in [-0.2, 0) is 0 Å². The van der Waals surface area contributed by atoms with Crippen molar-refractivity contribution in [2.45, 2.75) is 34.1 Å². The molecule has 0 saturated heterocycles. The first-order chi connectivity index (χ1) is 7.85. The highest BCUT2D eigenvalue weighted by molar-refractivity contribution is 5.99. The van der Waals surface area contributed by atoms with Gasteiger partial charge in [-0.15, -0.1) is 0 Å². The summed E-state index contributed by atoms with van der Waals surface area (Å²) in [6.45, 7) is 9.00. The summed E-state index contributed by atoms with van der Waals surface area (Å²) in [6.07, 6.45) is 1.02. The Kier molecular flexibility index (Phi) is 4.16. The molecule has 3 nitrogen and oxygen atoms in total. The molecule has 1 rings (SSSR count). The number of carbonyl (C=O) groups is 1. The van der Waals surface area contributed by atoms with Gasteiger partial charge in [-0.1, -0.05) is 26.8 Å². The van der Waals surface area contributed by atoms with E-state index >= 15 is 0 Å². The largest absolute Gasteiger partial charge is 0.398 e. The van der Waals surface area contributed by atoms with Crippen molar-refractivity contribution in [3.63, 3.8) is 0 Å². The summed E-state index contributed by atoms with van der Waals surface area (Å²) in [5.41, 5.74) is 8.11. The van der Waals surface area contributed by atoms with Crippen molar-refractivity contribution in [1.82, 2.24) is 5.32 Å². The molecule has 0 fully saturated rings. The Morgan fingerprint density at radius 2 is 2.06 bits per heavy atom. The highest BCUT2D eigenvalue weighted by Crippen LogP contribution is 2.19. The fourth-order valence-corrected chi connectivity index (χ4v) is 1.43. The van der Waals surface area contributed by atoms with Crippen LogP contribution in [0.1, 0.15) is 43.1 Å². The second kappa shape index (κ2) is 5.21. The van der Waals surface area contributed by atoms with Crippen LogP contribution in [0.3, 0.4) is 0 Å². The van der Waals surface area contributed by atoms with Crippen molar-refractivity contribution in [1.29, 1.82) is 0 Å². The monoisotopic (exact) mass is 234 g/mol. The Balaban J connectivity index is 2.71. The summed E-state index contributed by atoms with van der Waals surface area (Å²) in [4.78, 5) is 11.9. The number of nitrogens with two attached hydrogens (primary N) is 1. The van der Waals surface area contributed by atoms with E-state index in [1.54, 1.807) is 6.07 Å². The predicted molar refractivity (Wildman–Crippen MR) is 72.0 cm³/mol. The van der Waals surface area contributed by atoms with Crippen LogP contribution in [0.15, 0.2) is 18.2 Å². The molecule has 1 amide bonds. The topological polar surface area (TPSA) is 55.1 Å². The zero-order valence-electron chi connectivity index (χ0n) is 11.1. The van der Waals surface area contributed by atoms with E-state index in [2.05, 4.69) is 26.1 Å². The maximum Gasteiger partial charge on any atom is 0.253 e. The molecule has 0 aliphatic heterocycles. The quantitative estimate of drug-likeness (QED) is 0.787. The van der Waals surface area contributed by atoms with Crippen molar-refractivity contribution in [2.75, 3.05) is 12.3 Å². The third kappa shape index (κ3) is 3.77. The average molecular weight is 234 g/mol. The molecular formula is C14H22N2O. The molecule has 0 unspecified atom stereocenters. The first-order valence-corrected chi connectivity index (χ1v) is 6.00. The Morgan fingerprint density at radius 1 is 1.41 bits per heavy atom. The molecule has 0 aromatic heterocycles. The number of rotatable bonds is 4. The lowest BCUT2D eigenvalue weighted by Gasteiger charge is -2.23. The molecule has 1 aromatic carbocycles. The summed E-state index contributed by atoms with van der Waals surface area (Å²) in [7, 11) is 0. The van der Waals surface area contributed by atoms with Gasteiger partial charge in [-0.05, 0) is 36.5 Å². The third-order valence-electron chi connectivity index (χ3n) is 3.14. The lowest BCUT2D eigenvalue weighted by molar-refractivity contribution is 0.0936. The number of anilines is 1. The second-order valence-corrected chi connectivity index (χ2v) is 5.29. The fourth-order valence-electron chi connectivity index (χ4n) is 1.43. The van der Waals surface area contributed by atoms with Gasteiger partial charge in [0.25, 0.3) is 5.91 Å². The molecule has 0 atom stereocenters. The molecule has 0 aliphatic rings. The van der Waals surface area contributed by atoms with Crippen LogP contribution in [0.25, 0.3) is 0 Å². The minimum Gasteiger partial charge on any atom is -0.398 e. The molecule has 0 spiro atoms. The number of amides is 1. The summed E-state index contributed by atoms with van der Waals surface area (Å²) in [6, 6.07) is 5.50. The molecule has 17 heavy (non-hydrogen) atoms. The van der Waals surface area contributed by atoms with Crippen LogP contribution in [0.2, 0.25) is 0 Å². The number of nitrogen functional groups attached to an aromatic ring is 1. The first kappa shape index (κ1) is 13.6. The number of hydrogen-bond acceptors (Lipinski definition) is 2. The van der Waals surface area contributed by atoms with Crippen molar-refractivity contribution >= 4 is 11.6 Å². The van der Waals surface area contributed by atoms with E-state index in [4.69, 9.17) is 5.73 Å². The van der Waals surface area contributed by atoms with E-state index in [0.717, 1.165) is 12.0 Å². The Hall–Kier alpha value is -1.51. The van der Waals surface area contributed by atoms with Crippen molar-refractivity contribution in [3.05, 3.63) is 29.3 Å². The van der Waals surface area contributed by atoms with Gasteiger partial charge >= 0.3 is 0 Å². The van der Waals surface area contributed by atoms with Gasteiger partial charge in [0, 0.05) is 12.2 Å². The van der Waals surface area contributed by atoms with E-state index in [9.17, 15) is 4.79 Å². The van der Waals surface area contributed by atoms with Crippen LogP contribution in [-0.4, -0.2) is 12.5 Å². The van der Waals surface area contributed by atoms with Crippen LogP contribution in [0.5, 0.6) is 0 Å². The highest BCUT2D eigenvalue weighted by atomic mass is 16.1. The van der Waals surface area contributed by atoms with Crippen molar-refractivity contribution < 1.29 is 4.79 Å². The van der Waals surface area contributed by atoms with E-state index in [0.29, 0.717) is 17.8 Å². The minimum absolute atomic E-state index is 0.0935. The van der Waals surface area contributed by atoms with Crippen LogP contribution < -0.4 is 11.1 Å². The Morgan fingerprint density at radius 3 is 2.59 bits per heavy atom. The molecule has 94 valence electrons. The van der Waals surface area contributed by atoms with Gasteiger partial charge in [-0.3, -0.25) is 4.79 Å². The van der Waals surface area contributed by atoms with E-state index in [1.807, 2.05) is 19.1 Å².